The van der Waals surface area contributed by atoms with Crippen LogP contribution in [0, 0.1) is 0 Å². The second-order valence-electron chi connectivity index (χ2n) is 4.64. The summed E-state index contributed by atoms with van der Waals surface area (Å²) >= 11 is 0. The molecule has 1 aromatic rings. The van der Waals surface area contributed by atoms with Crippen LogP contribution in [0.25, 0.3) is 0 Å². The zero-order valence-electron chi connectivity index (χ0n) is 11.5. The third-order valence-corrected chi connectivity index (χ3v) is 2.70. The Kier molecular flexibility index (Phi) is 6.26. The van der Waals surface area contributed by atoms with Crippen LogP contribution in [0.3, 0.4) is 0 Å². The summed E-state index contributed by atoms with van der Waals surface area (Å²) in [6, 6.07) is 8.04. The van der Waals surface area contributed by atoms with Crippen LogP contribution in [-0.2, 0) is 4.79 Å². The fourth-order valence-corrected chi connectivity index (χ4v) is 1.76. The first-order valence-corrected chi connectivity index (χ1v) is 6.63. The predicted molar refractivity (Wildman–Crippen MR) is 73.9 cm³/mol. The summed E-state index contributed by atoms with van der Waals surface area (Å²) in [5, 5.41) is 2.84. The van der Waals surface area contributed by atoms with Crippen LogP contribution < -0.4 is 10.1 Å². The van der Waals surface area contributed by atoms with Gasteiger partial charge in [-0.1, -0.05) is 39.0 Å². The Hall–Kier alpha value is -1.51. The van der Waals surface area contributed by atoms with Crippen molar-refractivity contribution in [3.8, 4) is 5.75 Å². The molecule has 100 valence electrons. The molecule has 1 amide bonds. The van der Waals surface area contributed by atoms with Crippen LogP contribution in [-0.4, -0.2) is 19.1 Å². The van der Waals surface area contributed by atoms with E-state index in [0.29, 0.717) is 25.5 Å². The number of ether oxygens (including phenoxy) is 1. The van der Waals surface area contributed by atoms with Crippen molar-refractivity contribution in [2.75, 3.05) is 13.2 Å². The highest BCUT2D eigenvalue weighted by atomic mass is 16.5. The molecule has 3 nitrogen and oxygen atoms in total. The van der Waals surface area contributed by atoms with Gasteiger partial charge in [0, 0.05) is 6.42 Å². The maximum absolute atomic E-state index is 11.3. The highest BCUT2D eigenvalue weighted by Crippen LogP contribution is 2.25. The van der Waals surface area contributed by atoms with Gasteiger partial charge in [-0.3, -0.25) is 4.79 Å². The molecule has 0 aromatic heterocycles. The van der Waals surface area contributed by atoms with E-state index in [2.05, 4.69) is 25.2 Å². The van der Waals surface area contributed by atoms with Gasteiger partial charge in [-0.2, -0.15) is 0 Å². The Morgan fingerprint density at radius 2 is 2.06 bits per heavy atom. The van der Waals surface area contributed by atoms with Gasteiger partial charge < -0.3 is 10.1 Å². The van der Waals surface area contributed by atoms with Gasteiger partial charge in [0.2, 0.25) is 5.91 Å². The molecular weight excluding hydrogens is 226 g/mol. The number of rotatable bonds is 7. The summed E-state index contributed by atoms with van der Waals surface area (Å²) in [4.78, 5) is 11.3. The molecule has 0 radical (unpaired) electrons. The molecule has 18 heavy (non-hydrogen) atoms. The lowest BCUT2D eigenvalue weighted by atomic mass is 10.0. The number of para-hydroxylation sites is 1. The van der Waals surface area contributed by atoms with Crippen LogP contribution in [0.2, 0.25) is 0 Å². The fourth-order valence-electron chi connectivity index (χ4n) is 1.76. The van der Waals surface area contributed by atoms with E-state index in [9.17, 15) is 4.79 Å². The number of carbonyl (C=O) groups is 1. The van der Waals surface area contributed by atoms with E-state index in [1.54, 1.807) is 0 Å². The Morgan fingerprint density at radius 3 is 2.72 bits per heavy atom. The summed E-state index contributed by atoms with van der Waals surface area (Å²) in [5.41, 5.74) is 1.21. The lowest BCUT2D eigenvalue weighted by Gasteiger charge is -2.14. The quantitative estimate of drug-likeness (QED) is 0.754. The molecule has 0 heterocycles. The number of nitrogens with one attached hydrogen (secondary N) is 1. The second-order valence-corrected chi connectivity index (χ2v) is 4.64. The first-order valence-electron chi connectivity index (χ1n) is 6.63. The topological polar surface area (TPSA) is 38.3 Å². The van der Waals surface area contributed by atoms with Crippen molar-refractivity contribution in [2.24, 2.45) is 0 Å². The van der Waals surface area contributed by atoms with Crippen molar-refractivity contribution in [3.05, 3.63) is 29.8 Å². The van der Waals surface area contributed by atoms with E-state index in [-0.39, 0.29) is 5.91 Å². The Morgan fingerprint density at radius 1 is 1.33 bits per heavy atom. The Bertz CT molecular complexity index is 375. The van der Waals surface area contributed by atoms with Crippen molar-refractivity contribution in [2.45, 2.75) is 39.5 Å². The summed E-state index contributed by atoms with van der Waals surface area (Å²) < 4.78 is 5.71. The first-order chi connectivity index (χ1) is 8.65. The molecule has 0 spiro atoms. The van der Waals surface area contributed by atoms with Gasteiger partial charge in [0.15, 0.2) is 0 Å². The van der Waals surface area contributed by atoms with E-state index in [4.69, 9.17) is 4.74 Å². The van der Waals surface area contributed by atoms with Gasteiger partial charge in [0.05, 0.1) is 6.54 Å². The third kappa shape index (κ3) is 4.78. The van der Waals surface area contributed by atoms with Crippen molar-refractivity contribution in [1.82, 2.24) is 5.32 Å². The standard InChI is InChI=1S/C15H23NO2/c1-4-7-15(17)16-10-11-18-14-9-6-5-8-13(14)12(2)3/h5-6,8-9,12H,4,7,10-11H2,1-3H3,(H,16,17). The van der Waals surface area contributed by atoms with Crippen molar-refractivity contribution >= 4 is 5.91 Å². The lowest BCUT2D eigenvalue weighted by molar-refractivity contribution is -0.121. The summed E-state index contributed by atoms with van der Waals surface area (Å²) in [6.45, 7) is 7.36. The molecule has 0 unspecified atom stereocenters. The monoisotopic (exact) mass is 249 g/mol. The molecule has 0 saturated heterocycles. The summed E-state index contributed by atoms with van der Waals surface area (Å²) in [7, 11) is 0. The van der Waals surface area contributed by atoms with E-state index >= 15 is 0 Å². The zero-order valence-corrected chi connectivity index (χ0v) is 11.5. The van der Waals surface area contributed by atoms with Crippen molar-refractivity contribution < 1.29 is 9.53 Å². The molecule has 0 aliphatic heterocycles. The van der Waals surface area contributed by atoms with Gasteiger partial charge in [-0.15, -0.1) is 0 Å². The van der Waals surface area contributed by atoms with E-state index in [0.717, 1.165) is 12.2 Å². The smallest absolute Gasteiger partial charge is 0.220 e. The third-order valence-electron chi connectivity index (χ3n) is 2.70. The van der Waals surface area contributed by atoms with Gasteiger partial charge in [-0.25, -0.2) is 0 Å². The van der Waals surface area contributed by atoms with E-state index < -0.39 is 0 Å². The van der Waals surface area contributed by atoms with Crippen molar-refractivity contribution in [1.29, 1.82) is 0 Å². The Balaban J connectivity index is 2.37. The minimum atomic E-state index is 0.0956. The molecular formula is C15H23NO2. The molecule has 3 heteroatoms. The molecule has 0 fully saturated rings. The van der Waals surface area contributed by atoms with Gasteiger partial charge >= 0.3 is 0 Å². The molecule has 0 saturated carbocycles. The number of hydrogen-bond acceptors (Lipinski definition) is 2. The van der Waals surface area contributed by atoms with Crippen LogP contribution >= 0.6 is 0 Å². The summed E-state index contributed by atoms with van der Waals surface area (Å²) in [5.74, 6) is 1.45. The molecule has 0 aliphatic rings. The van der Waals surface area contributed by atoms with Gasteiger partial charge in [-0.05, 0) is 24.0 Å². The van der Waals surface area contributed by atoms with E-state index in [1.807, 2.05) is 25.1 Å². The molecule has 0 bridgehead atoms. The lowest BCUT2D eigenvalue weighted by Crippen LogP contribution is -2.27. The molecule has 0 atom stereocenters. The minimum absolute atomic E-state index is 0.0956. The molecule has 1 rings (SSSR count). The normalized spacial score (nSPS) is 10.4. The highest BCUT2D eigenvalue weighted by Gasteiger charge is 2.06. The number of hydrogen-bond donors (Lipinski definition) is 1. The van der Waals surface area contributed by atoms with E-state index in [1.165, 1.54) is 5.56 Å². The minimum Gasteiger partial charge on any atom is -0.491 e. The van der Waals surface area contributed by atoms with Crippen LogP contribution in [0.4, 0.5) is 0 Å². The maximum Gasteiger partial charge on any atom is 0.220 e. The summed E-state index contributed by atoms with van der Waals surface area (Å²) in [6.07, 6.45) is 1.46. The number of carbonyl (C=O) groups excluding carboxylic acids is 1. The largest absolute Gasteiger partial charge is 0.491 e. The zero-order chi connectivity index (χ0) is 13.4. The van der Waals surface area contributed by atoms with Crippen molar-refractivity contribution in [3.63, 3.8) is 0 Å². The predicted octanol–water partition coefficient (Wildman–Crippen LogP) is 3.11. The SMILES string of the molecule is CCCC(=O)NCCOc1ccccc1C(C)C. The number of amides is 1. The fraction of sp³-hybridized carbons (Fsp3) is 0.533. The average molecular weight is 249 g/mol. The second kappa shape index (κ2) is 7.75. The van der Waals surface area contributed by atoms with Crippen LogP contribution in [0.1, 0.15) is 45.1 Å². The van der Waals surface area contributed by atoms with Gasteiger partial charge in [0.1, 0.15) is 12.4 Å². The van der Waals surface area contributed by atoms with Crippen LogP contribution in [0.15, 0.2) is 24.3 Å². The van der Waals surface area contributed by atoms with Gasteiger partial charge in [0.25, 0.3) is 0 Å². The highest BCUT2D eigenvalue weighted by molar-refractivity contribution is 5.75. The molecule has 0 aliphatic carbocycles. The number of benzene rings is 1. The Labute approximate surface area is 110 Å². The molecule has 1 aromatic carbocycles. The van der Waals surface area contributed by atoms with Crippen LogP contribution in [0.5, 0.6) is 5.75 Å². The first kappa shape index (κ1) is 14.6. The maximum atomic E-state index is 11.3. The average Bonchev–Trinajstić information content (AvgIpc) is 2.35. The molecule has 1 N–H and O–H groups in total.